The van der Waals surface area contributed by atoms with Crippen LogP contribution in [-0.4, -0.2) is 54.1 Å². The Balaban J connectivity index is 0.00000225. The molecule has 11 heteroatoms. The summed E-state index contributed by atoms with van der Waals surface area (Å²) < 4.78 is 31.6. The van der Waals surface area contributed by atoms with Gasteiger partial charge in [0.25, 0.3) is 10.1 Å². The number of hydrogen-bond donors (Lipinski definition) is 3. The number of halogens is 2. The molecular weight excluding hydrogens is 402 g/mol. The van der Waals surface area contributed by atoms with Gasteiger partial charge in [-0.05, 0) is 18.2 Å². The zero-order valence-electron chi connectivity index (χ0n) is 12.6. The van der Waals surface area contributed by atoms with E-state index in [-0.39, 0.29) is 73.2 Å². The fraction of sp³-hybridized carbons (Fsp3) is 0. The first-order valence-corrected chi connectivity index (χ1v) is 8.52. The van der Waals surface area contributed by atoms with Crippen molar-refractivity contribution < 1.29 is 22.6 Å². The standard InChI is InChI=1S/C14H8Cl2N2O5S.Na/c15-9-10(16)12(18)8-7(11(9)17)13(19)5-2-1-4(24(21,22)23)3-6(5)14(8)20;/h1-3H,17-18H2,(H,21,22,23);. The Morgan fingerprint density at radius 2 is 1.32 bits per heavy atom. The summed E-state index contributed by atoms with van der Waals surface area (Å²) in [4.78, 5) is 24.8. The van der Waals surface area contributed by atoms with Gasteiger partial charge in [0.2, 0.25) is 0 Å². The van der Waals surface area contributed by atoms with Crippen LogP contribution in [0.4, 0.5) is 11.4 Å². The largest absolute Gasteiger partial charge is 0.397 e. The Kier molecular flexibility index (Phi) is 5.29. The molecule has 2 aromatic carbocycles. The van der Waals surface area contributed by atoms with Crippen molar-refractivity contribution in [2.45, 2.75) is 4.90 Å². The van der Waals surface area contributed by atoms with Crippen molar-refractivity contribution in [3.63, 3.8) is 0 Å². The van der Waals surface area contributed by atoms with Gasteiger partial charge in [-0.2, -0.15) is 8.42 Å². The Hall–Kier alpha value is -1.13. The Morgan fingerprint density at radius 1 is 0.880 bits per heavy atom. The quantitative estimate of drug-likeness (QED) is 0.316. The van der Waals surface area contributed by atoms with Gasteiger partial charge in [-0.25, -0.2) is 0 Å². The maximum absolute atomic E-state index is 12.7. The van der Waals surface area contributed by atoms with Gasteiger partial charge in [-0.3, -0.25) is 14.1 Å². The Morgan fingerprint density at radius 3 is 1.76 bits per heavy atom. The average molecular weight is 410 g/mol. The SMILES string of the molecule is Nc1c(Cl)c(Cl)c(N)c2c1C(=O)c1ccc(S(=O)(=O)O)cc1C2=O.[Na]. The minimum absolute atomic E-state index is 0. The molecule has 7 nitrogen and oxygen atoms in total. The number of nitrogens with two attached hydrogens (primary N) is 2. The average Bonchev–Trinajstić information content (AvgIpc) is 2.52. The molecule has 1 radical (unpaired) electrons. The fourth-order valence-corrected chi connectivity index (χ4v) is 3.44. The van der Waals surface area contributed by atoms with Gasteiger partial charge in [0.1, 0.15) is 0 Å². The topological polar surface area (TPSA) is 141 Å². The third kappa shape index (κ3) is 2.97. The van der Waals surface area contributed by atoms with E-state index in [1.807, 2.05) is 0 Å². The second-order valence-corrected chi connectivity index (χ2v) is 7.22. The van der Waals surface area contributed by atoms with Gasteiger partial charge >= 0.3 is 0 Å². The summed E-state index contributed by atoms with van der Waals surface area (Å²) in [5, 5.41) is -0.324. The normalized spacial score (nSPS) is 13.1. The molecule has 1 aliphatic carbocycles. The summed E-state index contributed by atoms with van der Waals surface area (Å²) in [6.07, 6.45) is 0. The molecule has 5 N–H and O–H groups in total. The molecule has 3 rings (SSSR count). The molecule has 0 aromatic heterocycles. The van der Waals surface area contributed by atoms with Crippen LogP contribution in [0, 0.1) is 0 Å². The summed E-state index contributed by atoms with van der Waals surface area (Å²) in [6, 6.07) is 3.01. The van der Waals surface area contributed by atoms with Gasteiger partial charge < -0.3 is 11.5 Å². The van der Waals surface area contributed by atoms with Crippen molar-refractivity contribution in [2.75, 3.05) is 11.5 Å². The molecular formula is C14H8Cl2N2NaO5S. The van der Waals surface area contributed by atoms with Crippen LogP contribution in [0.1, 0.15) is 31.8 Å². The maximum atomic E-state index is 12.7. The van der Waals surface area contributed by atoms with E-state index in [0.29, 0.717) is 0 Å². The zero-order valence-corrected chi connectivity index (χ0v) is 17.0. The van der Waals surface area contributed by atoms with Crippen LogP contribution in [0.25, 0.3) is 0 Å². The predicted octanol–water partition coefficient (Wildman–Crippen LogP) is 1.80. The van der Waals surface area contributed by atoms with Crippen LogP contribution < -0.4 is 11.5 Å². The van der Waals surface area contributed by atoms with E-state index in [1.54, 1.807) is 0 Å². The molecule has 0 unspecified atom stereocenters. The van der Waals surface area contributed by atoms with Gasteiger partial charge in [-0.1, -0.05) is 23.2 Å². The molecule has 0 heterocycles. The van der Waals surface area contributed by atoms with Gasteiger partial charge in [0, 0.05) is 40.7 Å². The molecule has 2 aromatic rings. The van der Waals surface area contributed by atoms with E-state index in [4.69, 9.17) is 39.2 Å². The minimum atomic E-state index is -4.55. The molecule has 0 atom stereocenters. The molecule has 0 spiro atoms. The van der Waals surface area contributed by atoms with Crippen molar-refractivity contribution >= 4 is 85.8 Å². The van der Waals surface area contributed by atoms with E-state index in [1.165, 1.54) is 0 Å². The van der Waals surface area contributed by atoms with Crippen molar-refractivity contribution in [1.29, 1.82) is 0 Å². The molecule has 0 fully saturated rings. The van der Waals surface area contributed by atoms with E-state index in [2.05, 4.69) is 0 Å². The maximum Gasteiger partial charge on any atom is 0.294 e. The number of fused-ring (bicyclic) bond motifs is 2. The van der Waals surface area contributed by atoms with Crippen LogP contribution in [0.15, 0.2) is 23.1 Å². The predicted molar refractivity (Wildman–Crippen MR) is 94.2 cm³/mol. The third-order valence-corrected chi connectivity index (χ3v) is 5.42. The van der Waals surface area contributed by atoms with E-state index < -0.39 is 26.6 Å². The summed E-state index contributed by atoms with van der Waals surface area (Å²) in [7, 11) is -4.55. The number of carbonyl (C=O) groups excluding carboxylic acids is 2. The fourth-order valence-electron chi connectivity index (χ4n) is 2.54. The number of anilines is 2. The summed E-state index contributed by atoms with van der Waals surface area (Å²) >= 11 is 11.9. The number of rotatable bonds is 1. The first kappa shape index (κ1) is 20.2. The van der Waals surface area contributed by atoms with Crippen molar-refractivity contribution in [3.8, 4) is 0 Å². The van der Waals surface area contributed by atoms with E-state index in [9.17, 15) is 18.0 Å². The first-order chi connectivity index (χ1) is 11.1. The monoisotopic (exact) mass is 409 g/mol. The van der Waals surface area contributed by atoms with E-state index >= 15 is 0 Å². The summed E-state index contributed by atoms with van der Waals surface area (Å²) in [5.41, 5.74) is 10.4. The van der Waals surface area contributed by atoms with Gasteiger partial charge in [0.15, 0.2) is 11.6 Å². The second-order valence-electron chi connectivity index (χ2n) is 5.05. The molecule has 0 saturated heterocycles. The van der Waals surface area contributed by atoms with Crippen molar-refractivity contribution in [3.05, 3.63) is 50.5 Å². The van der Waals surface area contributed by atoms with Gasteiger partial charge in [0.05, 0.1) is 37.4 Å². The minimum Gasteiger partial charge on any atom is -0.397 e. The second kappa shape index (κ2) is 6.55. The van der Waals surface area contributed by atoms with Crippen LogP contribution >= 0.6 is 23.2 Å². The Bertz CT molecular complexity index is 1070. The third-order valence-electron chi connectivity index (χ3n) is 3.69. The molecule has 25 heavy (non-hydrogen) atoms. The number of hydrogen-bond acceptors (Lipinski definition) is 6. The summed E-state index contributed by atoms with van der Waals surface area (Å²) in [5.74, 6) is -1.39. The summed E-state index contributed by atoms with van der Waals surface area (Å²) in [6.45, 7) is 0. The van der Waals surface area contributed by atoms with Crippen LogP contribution in [0.2, 0.25) is 10.0 Å². The number of benzene rings is 2. The van der Waals surface area contributed by atoms with Crippen LogP contribution in [-0.2, 0) is 10.1 Å². The number of carbonyl (C=O) groups is 2. The van der Waals surface area contributed by atoms with Gasteiger partial charge in [-0.15, -0.1) is 0 Å². The van der Waals surface area contributed by atoms with Crippen molar-refractivity contribution in [1.82, 2.24) is 0 Å². The van der Waals surface area contributed by atoms with E-state index in [0.717, 1.165) is 18.2 Å². The van der Waals surface area contributed by atoms with Crippen LogP contribution in [0.3, 0.4) is 0 Å². The molecule has 0 amide bonds. The zero-order chi connectivity index (χ0) is 18.0. The number of ketones is 2. The molecule has 0 saturated carbocycles. The molecule has 0 aliphatic heterocycles. The molecule has 0 bridgehead atoms. The smallest absolute Gasteiger partial charge is 0.294 e. The molecule has 125 valence electrons. The number of nitrogen functional groups attached to an aromatic ring is 2. The van der Waals surface area contributed by atoms with Crippen molar-refractivity contribution in [2.24, 2.45) is 0 Å². The Labute approximate surface area is 174 Å². The molecule has 1 aliphatic rings. The first-order valence-electron chi connectivity index (χ1n) is 6.32. The van der Waals surface area contributed by atoms with Crippen LogP contribution in [0.5, 0.6) is 0 Å².